The van der Waals surface area contributed by atoms with Gasteiger partial charge in [0.05, 0.1) is 18.0 Å². The fraction of sp³-hybridized carbons (Fsp3) is 0.350. The van der Waals surface area contributed by atoms with Gasteiger partial charge in [0.2, 0.25) is 10.0 Å². The van der Waals surface area contributed by atoms with Crippen molar-refractivity contribution in [3.8, 4) is 0 Å². The van der Waals surface area contributed by atoms with Crippen molar-refractivity contribution in [2.75, 3.05) is 19.6 Å². The number of hydrogen-bond donors (Lipinski definition) is 2. The molecule has 0 bridgehead atoms. The van der Waals surface area contributed by atoms with Crippen molar-refractivity contribution in [3.63, 3.8) is 0 Å². The predicted octanol–water partition coefficient (Wildman–Crippen LogP) is 2.29. The van der Waals surface area contributed by atoms with Gasteiger partial charge in [-0.25, -0.2) is 19.0 Å². The quantitative estimate of drug-likeness (QED) is 0.538. The van der Waals surface area contributed by atoms with Gasteiger partial charge in [-0.2, -0.15) is 0 Å². The number of nitrogens with two attached hydrogens (primary N) is 1. The lowest BCUT2D eigenvalue weighted by molar-refractivity contribution is 0.484. The van der Waals surface area contributed by atoms with E-state index in [1.807, 2.05) is 31.2 Å². The summed E-state index contributed by atoms with van der Waals surface area (Å²) in [4.78, 5) is 4.72. The maximum Gasteiger partial charge on any atom is 0.240 e. The fourth-order valence-corrected chi connectivity index (χ4v) is 4.05. The number of sulfonamides is 1. The third-order valence-corrected chi connectivity index (χ3v) is 6.03. The Morgan fingerprint density at radius 3 is 2.26 bits per heavy atom. The molecule has 1 aliphatic heterocycles. The molecule has 1 aliphatic rings. The Bertz CT molecular complexity index is 891. The highest BCUT2D eigenvalue weighted by molar-refractivity contribution is 7.89. The number of benzene rings is 2. The van der Waals surface area contributed by atoms with Crippen LogP contribution in [0.1, 0.15) is 36.5 Å². The molecule has 0 spiro atoms. The van der Waals surface area contributed by atoms with Crippen LogP contribution in [0.25, 0.3) is 0 Å². The summed E-state index contributed by atoms with van der Waals surface area (Å²) in [5.41, 5.74) is 3.23. The standard InChI is InChI=1S/C20H26N4O2S/c1-2-3-12-23-27(25,26)19-10-6-17(7-11-19)15-16-4-8-18(9-5-16)20-22-13-14-24(20)21/h4-11,23H,2-3,12-15,21H2,1H3. The van der Waals surface area contributed by atoms with Crippen molar-refractivity contribution in [2.45, 2.75) is 31.1 Å². The summed E-state index contributed by atoms with van der Waals surface area (Å²) in [5, 5.41) is 1.67. The summed E-state index contributed by atoms with van der Waals surface area (Å²) in [7, 11) is -3.42. The van der Waals surface area contributed by atoms with Crippen molar-refractivity contribution in [2.24, 2.45) is 10.8 Å². The van der Waals surface area contributed by atoms with Crippen LogP contribution in [-0.4, -0.2) is 38.9 Å². The van der Waals surface area contributed by atoms with E-state index in [9.17, 15) is 8.42 Å². The van der Waals surface area contributed by atoms with Gasteiger partial charge >= 0.3 is 0 Å². The molecule has 0 unspecified atom stereocenters. The normalized spacial score (nSPS) is 14.4. The molecule has 27 heavy (non-hydrogen) atoms. The van der Waals surface area contributed by atoms with Gasteiger partial charge in [-0.3, -0.25) is 10.0 Å². The second-order valence-electron chi connectivity index (χ2n) is 6.67. The Morgan fingerprint density at radius 2 is 1.70 bits per heavy atom. The van der Waals surface area contributed by atoms with E-state index in [4.69, 9.17) is 5.84 Å². The van der Waals surface area contributed by atoms with E-state index in [0.29, 0.717) is 11.4 Å². The molecule has 2 aromatic carbocycles. The fourth-order valence-electron chi connectivity index (χ4n) is 2.98. The maximum absolute atomic E-state index is 12.2. The van der Waals surface area contributed by atoms with Gasteiger partial charge in [0, 0.05) is 12.1 Å². The van der Waals surface area contributed by atoms with Crippen LogP contribution in [0.15, 0.2) is 58.4 Å². The number of hydrogen-bond acceptors (Lipinski definition) is 5. The molecular weight excluding hydrogens is 360 g/mol. The van der Waals surface area contributed by atoms with Crippen molar-refractivity contribution >= 4 is 15.9 Å². The summed E-state index contributed by atoms with van der Waals surface area (Å²) in [6.07, 6.45) is 2.53. The lowest BCUT2D eigenvalue weighted by Gasteiger charge is -2.13. The lowest BCUT2D eigenvalue weighted by atomic mass is 10.0. The van der Waals surface area contributed by atoms with Crippen molar-refractivity contribution in [3.05, 3.63) is 65.2 Å². The smallest absolute Gasteiger partial charge is 0.240 e. The van der Waals surface area contributed by atoms with E-state index in [1.165, 1.54) is 0 Å². The van der Waals surface area contributed by atoms with Crippen LogP contribution >= 0.6 is 0 Å². The van der Waals surface area contributed by atoms with Gasteiger partial charge in [-0.05, 0) is 36.1 Å². The average Bonchev–Trinajstić information content (AvgIpc) is 3.09. The molecule has 3 rings (SSSR count). The monoisotopic (exact) mass is 386 g/mol. The Labute approximate surface area is 161 Å². The summed E-state index contributed by atoms with van der Waals surface area (Å²) >= 11 is 0. The predicted molar refractivity (Wildman–Crippen MR) is 108 cm³/mol. The second kappa shape index (κ2) is 8.65. The summed E-state index contributed by atoms with van der Waals surface area (Å²) in [6, 6.07) is 15.2. The summed E-state index contributed by atoms with van der Waals surface area (Å²) in [5.74, 6) is 6.73. The van der Waals surface area contributed by atoms with E-state index in [-0.39, 0.29) is 0 Å². The highest BCUT2D eigenvalue weighted by Crippen LogP contribution is 2.16. The van der Waals surface area contributed by atoms with Gasteiger partial charge in [-0.15, -0.1) is 0 Å². The first-order chi connectivity index (χ1) is 13.0. The number of unbranched alkanes of at least 4 members (excludes halogenated alkanes) is 1. The number of nitrogens with zero attached hydrogens (tertiary/aromatic N) is 2. The molecule has 0 aliphatic carbocycles. The van der Waals surface area contributed by atoms with E-state index < -0.39 is 10.0 Å². The largest absolute Gasteiger partial charge is 0.293 e. The third kappa shape index (κ3) is 4.94. The van der Waals surface area contributed by atoms with Crippen molar-refractivity contribution in [1.82, 2.24) is 9.73 Å². The molecule has 2 aromatic rings. The maximum atomic E-state index is 12.2. The van der Waals surface area contributed by atoms with Gasteiger partial charge in [-0.1, -0.05) is 49.7 Å². The Morgan fingerprint density at radius 1 is 1.07 bits per heavy atom. The molecule has 0 amide bonds. The first kappa shape index (κ1) is 19.5. The summed E-state index contributed by atoms with van der Waals surface area (Å²) < 4.78 is 27.1. The molecule has 0 aromatic heterocycles. The number of hydrazine groups is 1. The first-order valence-corrected chi connectivity index (χ1v) is 10.7. The minimum Gasteiger partial charge on any atom is -0.293 e. The zero-order valence-corrected chi connectivity index (χ0v) is 16.4. The summed E-state index contributed by atoms with van der Waals surface area (Å²) in [6.45, 7) is 3.98. The van der Waals surface area contributed by atoms with E-state index in [2.05, 4.69) is 21.8 Å². The molecule has 0 radical (unpaired) electrons. The molecule has 0 atom stereocenters. The van der Waals surface area contributed by atoms with E-state index in [0.717, 1.165) is 54.9 Å². The lowest BCUT2D eigenvalue weighted by Crippen LogP contribution is -2.34. The van der Waals surface area contributed by atoms with E-state index in [1.54, 1.807) is 17.1 Å². The van der Waals surface area contributed by atoms with Gasteiger partial charge in [0.1, 0.15) is 5.84 Å². The average molecular weight is 387 g/mol. The molecule has 7 heteroatoms. The third-order valence-electron chi connectivity index (χ3n) is 4.55. The van der Waals surface area contributed by atoms with E-state index >= 15 is 0 Å². The molecular formula is C20H26N4O2S. The Balaban J connectivity index is 1.64. The first-order valence-electron chi connectivity index (χ1n) is 9.24. The van der Waals surface area contributed by atoms with Crippen LogP contribution in [0.3, 0.4) is 0 Å². The topological polar surface area (TPSA) is 87.8 Å². The number of rotatable bonds is 8. The Kier molecular flexibility index (Phi) is 6.26. The minimum absolute atomic E-state index is 0.306. The molecule has 1 heterocycles. The number of aliphatic imine (C=N–C) groups is 1. The van der Waals surface area contributed by atoms with Gasteiger partial charge in [0.25, 0.3) is 0 Å². The number of nitrogens with one attached hydrogen (secondary N) is 1. The minimum atomic E-state index is -3.42. The molecule has 3 N–H and O–H groups in total. The van der Waals surface area contributed by atoms with Crippen molar-refractivity contribution in [1.29, 1.82) is 0 Å². The zero-order chi connectivity index (χ0) is 19.3. The Hall–Kier alpha value is -2.22. The highest BCUT2D eigenvalue weighted by Gasteiger charge is 2.15. The number of amidine groups is 1. The highest BCUT2D eigenvalue weighted by atomic mass is 32.2. The molecule has 144 valence electrons. The molecule has 6 nitrogen and oxygen atoms in total. The molecule has 0 fully saturated rings. The van der Waals surface area contributed by atoms with Crippen LogP contribution in [0.2, 0.25) is 0 Å². The van der Waals surface area contributed by atoms with Crippen LogP contribution < -0.4 is 10.6 Å². The van der Waals surface area contributed by atoms with Gasteiger partial charge in [0.15, 0.2) is 0 Å². The van der Waals surface area contributed by atoms with Crippen LogP contribution in [0.4, 0.5) is 0 Å². The van der Waals surface area contributed by atoms with Crippen LogP contribution in [0.5, 0.6) is 0 Å². The van der Waals surface area contributed by atoms with Crippen LogP contribution in [-0.2, 0) is 16.4 Å². The zero-order valence-electron chi connectivity index (χ0n) is 15.6. The van der Waals surface area contributed by atoms with Crippen LogP contribution in [0, 0.1) is 0 Å². The second-order valence-corrected chi connectivity index (χ2v) is 8.43. The molecule has 0 saturated heterocycles. The van der Waals surface area contributed by atoms with Gasteiger partial charge < -0.3 is 0 Å². The van der Waals surface area contributed by atoms with Crippen molar-refractivity contribution < 1.29 is 8.42 Å². The molecule has 0 saturated carbocycles. The SMILES string of the molecule is CCCCNS(=O)(=O)c1ccc(Cc2ccc(C3=NCCN3N)cc2)cc1.